The highest BCUT2D eigenvalue weighted by Crippen LogP contribution is 2.44. The fraction of sp³-hybridized carbons (Fsp3) is 0.286. The Morgan fingerprint density at radius 1 is 1.13 bits per heavy atom. The minimum atomic E-state index is -1.17. The van der Waals surface area contributed by atoms with E-state index in [2.05, 4.69) is 4.98 Å². The smallest absolute Gasteiger partial charge is 0.271 e. The average Bonchev–Trinajstić information content (AvgIpc) is 3.74. The summed E-state index contributed by atoms with van der Waals surface area (Å²) in [5.41, 5.74) is 10.3. The van der Waals surface area contributed by atoms with Gasteiger partial charge in [0.1, 0.15) is 17.1 Å². The molecule has 4 heterocycles. The lowest BCUT2D eigenvalue weighted by atomic mass is 9.94. The van der Waals surface area contributed by atoms with Crippen LogP contribution in [0.15, 0.2) is 67.1 Å². The van der Waals surface area contributed by atoms with Crippen LogP contribution in [0.25, 0.3) is 22.3 Å². The number of nitrogens with two attached hydrogens (primary N) is 1. The van der Waals surface area contributed by atoms with E-state index < -0.39 is 11.5 Å². The van der Waals surface area contributed by atoms with Crippen molar-refractivity contribution in [2.45, 2.75) is 58.2 Å². The number of aromatic nitrogens is 4. The minimum absolute atomic E-state index is 0.214. The molecule has 234 valence electrons. The van der Waals surface area contributed by atoms with E-state index in [1.165, 1.54) is 12.1 Å². The number of primary amides is 1. The number of carbonyl (C=O) groups excluding carboxylic acids is 2. The van der Waals surface area contributed by atoms with Crippen LogP contribution in [0.4, 0.5) is 10.1 Å². The van der Waals surface area contributed by atoms with Gasteiger partial charge in [-0.3, -0.25) is 19.5 Å². The maximum Gasteiger partial charge on any atom is 0.271 e. The van der Waals surface area contributed by atoms with E-state index in [-0.39, 0.29) is 24.3 Å². The summed E-state index contributed by atoms with van der Waals surface area (Å²) < 4.78 is 21.9. The minimum Gasteiger partial charge on any atom is -0.476 e. The number of nitrogens with zero attached hydrogens (tertiary/aromatic N) is 5. The van der Waals surface area contributed by atoms with Gasteiger partial charge in [-0.05, 0) is 93.5 Å². The van der Waals surface area contributed by atoms with E-state index in [1.807, 2.05) is 29.7 Å². The summed E-state index contributed by atoms with van der Waals surface area (Å²) in [4.78, 5) is 42.5. The van der Waals surface area contributed by atoms with E-state index in [0.717, 1.165) is 18.4 Å². The first-order chi connectivity index (χ1) is 22.0. The second-order valence-corrected chi connectivity index (χ2v) is 13.0. The molecule has 0 bridgehead atoms. The van der Waals surface area contributed by atoms with E-state index >= 15 is 0 Å². The average molecular weight is 639 g/mol. The number of anilines is 1. The Kier molecular flexibility index (Phi) is 7.27. The SMILES string of the molecule is C[C@@H](c1ccc(F)cc1)n1cnc2c(-c3ccc4c(c3)OC(C)(C)C(=O)N4Cc3ccc(Cl)cn3)c(C(N)=O)c(CC3CC3)nc21. The highest BCUT2D eigenvalue weighted by molar-refractivity contribution is 6.30. The molecule has 1 fully saturated rings. The molecule has 1 saturated carbocycles. The number of amides is 2. The van der Waals surface area contributed by atoms with Crippen LogP contribution in [0.3, 0.4) is 0 Å². The molecule has 46 heavy (non-hydrogen) atoms. The number of halogens is 2. The van der Waals surface area contributed by atoms with Crippen molar-refractivity contribution in [3.63, 3.8) is 0 Å². The van der Waals surface area contributed by atoms with Gasteiger partial charge in [0.25, 0.3) is 11.8 Å². The Balaban J connectivity index is 1.39. The Morgan fingerprint density at radius 2 is 1.89 bits per heavy atom. The van der Waals surface area contributed by atoms with Crippen molar-refractivity contribution in [2.75, 3.05) is 4.90 Å². The van der Waals surface area contributed by atoms with E-state index in [0.29, 0.717) is 68.0 Å². The third-order valence-corrected chi connectivity index (χ3v) is 8.98. The second-order valence-electron chi connectivity index (χ2n) is 12.5. The lowest BCUT2D eigenvalue weighted by Gasteiger charge is -2.39. The number of carbonyl (C=O) groups is 2. The lowest BCUT2D eigenvalue weighted by Crippen LogP contribution is -2.52. The summed E-state index contributed by atoms with van der Waals surface area (Å²) in [5, 5.41) is 0.506. The maximum absolute atomic E-state index is 13.7. The number of pyridine rings is 2. The fourth-order valence-corrected chi connectivity index (χ4v) is 6.22. The second kappa shape index (κ2) is 11.2. The van der Waals surface area contributed by atoms with E-state index in [4.69, 9.17) is 32.0 Å². The zero-order valence-electron chi connectivity index (χ0n) is 25.6. The van der Waals surface area contributed by atoms with Crippen molar-refractivity contribution in [1.82, 2.24) is 19.5 Å². The molecule has 0 radical (unpaired) electrons. The molecule has 3 aromatic heterocycles. The number of imidazole rings is 1. The molecule has 11 heteroatoms. The van der Waals surface area contributed by atoms with Gasteiger partial charge in [0.15, 0.2) is 11.2 Å². The summed E-state index contributed by atoms with van der Waals surface area (Å²) >= 11 is 6.04. The summed E-state index contributed by atoms with van der Waals surface area (Å²) in [7, 11) is 0. The molecule has 2 amide bonds. The zero-order valence-corrected chi connectivity index (χ0v) is 26.4. The Hall–Kier alpha value is -4.83. The number of fused-ring (bicyclic) bond motifs is 2. The molecule has 0 spiro atoms. The van der Waals surface area contributed by atoms with Gasteiger partial charge in [0.2, 0.25) is 0 Å². The summed E-state index contributed by atoms with van der Waals surface area (Å²) in [6, 6.07) is 15.1. The number of ether oxygens (including phenoxy) is 1. The Labute approximate surface area is 270 Å². The first kappa shape index (κ1) is 29.9. The van der Waals surface area contributed by atoms with Crippen molar-refractivity contribution >= 4 is 40.3 Å². The van der Waals surface area contributed by atoms with Gasteiger partial charge < -0.3 is 15.0 Å². The van der Waals surface area contributed by atoms with Crippen molar-refractivity contribution in [2.24, 2.45) is 11.7 Å². The van der Waals surface area contributed by atoms with Crippen molar-refractivity contribution in [3.8, 4) is 16.9 Å². The van der Waals surface area contributed by atoms with Gasteiger partial charge >= 0.3 is 0 Å². The summed E-state index contributed by atoms with van der Waals surface area (Å²) in [6.45, 7) is 5.66. The molecule has 9 nitrogen and oxygen atoms in total. The van der Waals surface area contributed by atoms with Crippen LogP contribution in [0.1, 0.15) is 67.0 Å². The Morgan fingerprint density at radius 3 is 2.57 bits per heavy atom. The molecule has 1 atom stereocenters. The molecule has 0 saturated heterocycles. The molecule has 5 aromatic rings. The van der Waals surface area contributed by atoms with Crippen LogP contribution >= 0.6 is 11.6 Å². The summed E-state index contributed by atoms with van der Waals surface area (Å²) in [5.74, 6) is -0.221. The van der Waals surface area contributed by atoms with Gasteiger partial charge in [0.05, 0.1) is 46.6 Å². The van der Waals surface area contributed by atoms with Gasteiger partial charge in [-0.15, -0.1) is 0 Å². The fourth-order valence-electron chi connectivity index (χ4n) is 6.11. The zero-order chi connectivity index (χ0) is 32.3. The topological polar surface area (TPSA) is 116 Å². The highest BCUT2D eigenvalue weighted by Gasteiger charge is 2.41. The normalized spacial score (nSPS) is 16.3. The van der Waals surface area contributed by atoms with Crippen molar-refractivity contribution in [1.29, 1.82) is 0 Å². The van der Waals surface area contributed by atoms with Crippen LogP contribution in [-0.4, -0.2) is 36.9 Å². The van der Waals surface area contributed by atoms with Crippen LogP contribution in [0.2, 0.25) is 5.02 Å². The number of hydrogen-bond donors (Lipinski definition) is 1. The Bertz CT molecular complexity index is 2000. The molecule has 0 unspecified atom stereocenters. The first-order valence-corrected chi connectivity index (χ1v) is 15.6. The molecule has 2 aromatic carbocycles. The summed E-state index contributed by atoms with van der Waals surface area (Å²) in [6.07, 6.45) is 5.98. The predicted molar refractivity (Wildman–Crippen MR) is 173 cm³/mol. The van der Waals surface area contributed by atoms with Crippen LogP contribution in [-0.2, 0) is 17.8 Å². The number of hydrogen-bond acceptors (Lipinski definition) is 6. The molecular weight excluding hydrogens is 607 g/mol. The monoisotopic (exact) mass is 638 g/mol. The molecule has 1 aliphatic heterocycles. The van der Waals surface area contributed by atoms with Gasteiger partial charge in [0, 0.05) is 11.8 Å². The molecule has 2 N–H and O–H groups in total. The largest absolute Gasteiger partial charge is 0.476 e. The lowest BCUT2D eigenvalue weighted by molar-refractivity contribution is -0.132. The van der Waals surface area contributed by atoms with Crippen LogP contribution in [0.5, 0.6) is 5.75 Å². The highest BCUT2D eigenvalue weighted by atomic mass is 35.5. The number of rotatable bonds is 8. The third kappa shape index (κ3) is 5.36. The standard InChI is InChI=1S/C35H32ClFN6O3/c1-19(21-6-10-24(37)11-7-21)43-18-40-31-29(30(32(38)44)26(41-33(31)43)14-20-4-5-20)22-8-13-27-28(15-22)46-35(2,3)34(45)42(27)17-25-12-9-23(36)16-39-25/h6-13,15-16,18-20H,4-5,14,17H2,1-3H3,(H2,38,44)/t19-/m0/s1. The third-order valence-electron chi connectivity index (χ3n) is 8.75. The van der Waals surface area contributed by atoms with E-state index in [1.54, 1.807) is 55.5 Å². The maximum atomic E-state index is 13.7. The van der Waals surface area contributed by atoms with E-state index in [9.17, 15) is 14.0 Å². The van der Waals surface area contributed by atoms with Crippen molar-refractivity contribution in [3.05, 3.63) is 100 Å². The van der Waals surface area contributed by atoms with Crippen LogP contribution < -0.4 is 15.4 Å². The first-order valence-electron chi connectivity index (χ1n) is 15.2. The van der Waals surface area contributed by atoms with Gasteiger partial charge in [-0.1, -0.05) is 29.8 Å². The number of benzene rings is 2. The molecular formula is C35H32ClFN6O3. The quantitative estimate of drug-likeness (QED) is 0.203. The van der Waals surface area contributed by atoms with Crippen molar-refractivity contribution < 1.29 is 18.7 Å². The molecule has 1 aliphatic carbocycles. The molecule has 2 aliphatic rings. The predicted octanol–water partition coefficient (Wildman–Crippen LogP) is 6.65. The van der Waals surface area contributed by atoms with Gasteiger partial charge in [-0.25, -0.2) is 14.4 Å². The van der Waals surface area contributed by atoms with Gasteiger partial charge in [-0.2, -0.15) is 0 Å². The molecule has 7 rings (SSSR count). The van der Waals surface area contributed by atoms with Crippen LogP contribution in [0, 0.1) is 11.7 Å².